The first kappa shape index (κ1) is 22.2. The summed E-state index contributed by atoms with van der Waals surface area (Å²) in [5, 5.41) is 3.03. The SMILES string of the molecule is COc1ccc(NC(=O)N2CCN(C/C=C\c3ccccc3)CC2)cc1OC1CCCC1. The van der Waals surface area contributed by atoms with E-state index >= 15 is 0 Å². The molecule has 1 heterocycles. The molecule has 1 N–H and O–H groups in total. The van der Waals surface area contributed by atoms with Crippen molar-refractivity contribution in [1.29, 1.82) is 0 Å². The minimum atomic E-state index is -0.0681. The number of nitrogens with zero attached hydrogens (tertiary/aromatic N) is 2. The van der Waals surface area contributed by atoms with Crippen LogP contribution in [0.3, 0.4) is 0 Å². The van der Waals surface area contributed by atoms with E-state index in [9.17, 15) is 4.79 Å². The Hall–Kier alpha value is -2.99. The summed E-state index contributed by atoms with van der Waals surface area (Å²) < 4.78 is 11.6. The van der Waals surface area contributed by atoms with Crippen LogP contribution in [0.15, 0.2) is 54.6 Å². The molecule has 0 bridgehead atoms. The Morgan fingerprint density at radius 1 is 1.03 bits per heavy atom. The lowest BCUT2D eigenvalue weighted by Crippen LogP contribution is -2.49. The van der Waals surface area contributed by atoms with Gasteiger partial charge in [-0.05, 0) is 43.4 Å². The van der Waals surface area contributed by atoms with Gasteiger partial charge in [-0.1, -0.05) is 42.5 Å². The highest BCUT2D eigenvalue weighted by molar-refractivity contribution is 5.89. The summed E-state index contributed by atoms with van der Waals surface area (Å²) in [7, 11) is 1.64. The van der Waals surface area contributed by atoms with E-state index < -0.39 is 0 Å². The Labute approximate surface area is 190 Å². The number of piperazine rings is 1. The minimum Gasteiger partial charge on any atom is -0.493 e. The van der Waals surface area contributed by atoms with E-state index in [1.165, 1.54) is 18.4 Å². The Morgan fingerprint density at radius 2 is 1.78 bits per heavy atom. The van der Waals surface area contributed by atoms with Gasteiger partial charge in [0.1, 0.15) is 0 Å². The maximum Gasteiger partial charge on any atom is 0.321 e. The van der Waals surface area contributed by atoms with Crippen molar-refractivity contribution in [2.24, 2.45) is 0 Å². The average molecular weight is 436 g/mol. The summed E-state index contributed by atoms with van der Waals surface area (Å²) in [6.45, 7) is 4.06. The molecule has 2 aromatic rings. The normalized spacial score (nSPS) is 17.6. The maximum atomic E-state index is 12.8. The van der Waals surface area contributed by atoms with Crippen molar-refractivity contribution in [1.82, 2.24) is 9.80 Å². The fraction of sp³-hybridized carbons (Fsp3) is 0.423. The number of hydrogen-bond donors (Lipinski definition) is 1. The predicted molar refractivity (Wildman–Crippen MR) is 128 cm³/mol. The lowest BCUT2D eigenvalue weighted by molar-refractivity contribution is 0.156. The number of methoxy groups -OCH3 is 1. The third-order valence-electron chi connectivity index (χ3n) is 6.14. The number of ether oxygens (including phenoxy) is 2. The average Bonchev–Trinajstić information content (AvgIpc) is 3.33. The largest absolute Gasteiger partial charge is 0.493 e. The molecule has 2 amide bonds. The van der Waals surface area contributed by atoms with E-state index in [2.05, 4.69) is 34.5 Å². The summed E-state index contributed by atoms with van der Waals surface area (Å²) in [4.78, 5) is 17.0. The van der Waals surface area contributed by atoms with Crippen molar-refractivity contribution >= 4 is 17.8 Å². The molecule has 1 saturated carbocycles. The standard InChI is InChI=1S/C26H33N3O3/c1-31-24-14-13-22(20-25(24)32-23-11-5-6-12-23)27-26(30)29-18-16-28(17-19-29)15-7-10-21-8-3-2-4-9-21/h2-4,7-10,13-14,20,23H,5-6,11-12,15-19H2,1H3,(H,27,30)/b10-7-. The van der Waals surface area contributed by atoms with Crippen molar-refractivity contribution < 1.29 is 14.3 Å². The van der Waals surface area contributed by atoms with Crippen LogP contribution in [0, 0.1) is 0 Å². The lowest BCUT2D eigenvalue weighted by Gasteiger charge is -2.34. The van der Waals surface area contributed by atoms with Gasteiger partial charge in [-0.25, -0.2) is 4.79 Å². The molecule has 6 nitrogen and oxygen atoms in total. The Kier molecular flexibility index (Phi) is 7.67. The molecule has 6 heteroatoms. The van der Waals surface area contributed by atoms with Crippen molar-refractivity contribution in [3.05, 3.63) is 60.2 Å². The van der Waals surface area contributed by atoms with Crippen LogP contribution >= 0.6 is 0 Å². The topological polar surface area (TPSA) is 54.0 Å². The van der Waals surface area contributed by atoms with Gasteiger partial charge >= 0.3 is 6.03 Å². The highest BCUT2D eigenvalue weighted by Gasteiger charge is 2.22. The summed E-state index contributed by atoms with van der Waals surface area (Å²) in [6, 6.07) is 15.8. The number of benzene rings is 2. The predicted octanol–water partition coefficient (Wildman–Crippen LogP) is 4.88. The number of carbonyl (C=O) groups is 1. The summed E-state index contributed by atoms with van der Waals surface area (Å²) in [6.07, 6.45) is 9.13. The molecule has 32 heavy (non-hydrogen) atoms. The molecule has 0 aromatic heterocycles. The minimum absolute atomic E-state index is 0.0681. The van der Waals surface area contributed by atoms with E-state index in [0.717, 1.165) is 38.2 Å². The van der Waals surface area contributed by atoms with Crippen LogP contribution in [0.4, 0.5) is 10.5 Å². The summed E-state index contributed by atoms with van der Waals surface area (Å²) in [5.74, 6) is 1.40. The van der Waals surface area contributed by atoms with Crippen molar-refractivity contribution in [3.8, 4) is 11.5 Å². The highest BCUT2D eigenvalue weighted by Crippen LogP contribution is 2.34. The molecule has 1 aliphatic heterocycles. The summed E-state index contributed by atoms with van der Waals surface area (Å²) in [5.41, 5.74) is 1.94. The number of anilines is 1. The molecule has 1 aliphatic carbocycles. The molecule has 2 fully saturated rings. The third kappa shape index (κ3) is 6.04. The lowest BCUT2D eigenvalue weighted by atomic mass is 10.2. The monoisotopic (exact) mass is 435 g/mol. The molecule has 1 saturated heterocycles. The van der Waals surface area contributed by atoms with Gasteiger partial charge in [0.25, 0.3) is 0 Å². The number of hydrogen-bond acceptors (Lipinski definition) is 4. The molecule has 170 valence electrons. The fourth-order valence-corrected chi connectivity index (χ4v) is 4.27. The van der Waals surface area contributed by atoms with Gasteiger partial charge in [-0.2, -0.15) is 0 Å². The molecule has 0 radical (unpaired) electrons. The molecule has 4 rings (SSSR count). The van der Waals surface area contributed by atoms with Gasteiger partial charge in [0, 0.05) is 44.5 Å². The van der Waals surface area contributed by atoms with Crippen molar-refractivity contribution in [3.63, 3.8) is 0 Å². The first-order valence-corrected chi connectivity index (χ1v) is 11.6. The van der Waals surface area contributed by atoms with Crippen LogP contribution in [-0.4, -0.2) is 61.8 Å². The van der Waals surface area contributed by atoms with Crippen LogP contribution in [-0.2, 0) is 0 Å². The molecular weight excluding hydrogens is 402 g/mol. The third-order valence-corrected chi connectivity index (χ3v) is 6.14. The van der Waals surface area contributed by atoms with Crippen molar-refractivity contribution in [2.45, 2.75) is 31.8 Å². The molecule has 2 aromatic carbocycles. The number of nitrogens with one attached hydrogen (secondary N) is 1. The molecule has 0 spiro atoms. The van der Waals surface area contributed by atoms with Gasteiger partial charge in [0.2, 0.25) is 0 Å². The number of urea groups is 1. The second-order valence-electron chi connectivity index (χ2n) is 8.42. The zero-order valence-electron chi connectivity index (χ0n) is 18.8. The molecular formula is C26H33N3O3. The Bertz CT molecular complexity index is 902. The van der Waals surface area contributed by atoms with E-state index in [4.69, 9.17) is 9.47 Å². The summed E-state index contributed by atoms with van der Waals surface area (Å²) >= 11 is 0. The van der Waals surface area contributed by atoms with Gasteiger partial charge in [0.05, 0.1) is 13.2 Å². The molecule has 0 unspecified atom stereocenters. The van der Waals surface area contributed by atoms with E-state index in [1.54, 1.807) is 7.11 Å². The Balaban J connectivity index is 1.26. The Morgan fingerprint density at radius 3 is 2.50 bits per heavy atom. The van der Waals surface area contributed by atoms with Crippen LogP contribution in [0.5, 0.6) is 11.5 Å². The van der Waals surface area contributed by atoms with Gasteiger partial charge in [-0.3, -0.25) is 4.90 Å². The highest BCUT2D eigenvalue weighted by atomic mass is 16.5. The molecule has 2 aliphatic rings. The quantitative estimate of drug-likeness (QED) is 0.674. The van der Waals surface area contributed by atoms with Crippen LogP contribution in [0.1, 0.15) is 31.2 Å². The van der Waals surface area contributed by atoms with Gasteiger partial charge in [0.15, 0.2) is 11.5 Å². The second kappa shape index (κ2) is 11.0. The van der Waals surface area contributed by atoms with Gasteiger partial charge in [-0.15, -0.1) is 0 Å². The van der Waals surface area contributed by atoms with Crippen LogP contribution in [0.2, 0.25) is 0 Å². The van der Waals surface area contributed by atoms with E-state index in [-0.39, 0.29) is 12.1 Å². The van der Waals surface area contributed by atoms with Crippen molar-refractivity contribution in [2.75, 3.05) is 45.2 Å². The second-order valence-corrected chi connectivity index (χ2v) is 8.42. The maximum absolute atomic E-state index is 12.8. The number of carbonyl (C=O) groups excluding carboxylic acids is 1. The smallest absolute Gasteiger partial charge is 0.321 e. The molecule has 0 atom stereocenters. The number of rotatable bonds is 7. The fourth-order valence-electron chi connectivity index (χ4n) is 4.27. The van der Waals surface area contributed by atoms with Crippen LogP contribution < -0.4 is 14.8 Å². The van der Waals surface area contributed by atoms with E-state index in [1.807, 2.05) is 41.3 Å². The van der Waals surface area contributed by atoms with Gasteiger partial charge < -0.3 is 19.7 Å². The zero-order chi connectivity index (χ0) is 22.2. The first-order valence-electron chi connectivity index (χ1n) is 11.6. The zero-order valence-corrected chi connectivity index (χ0v) is 18.8. The first-order chi connectivity index (χ1) is 15.7. The van der Waals surface area contributed by atoms with Crippen LogP contribution in [0.25, 0.3) is 6.08 Å². The van der Waals surface area contributed by atoms with E-state index in [0.29, 0.717) is 24.6 Å². The number of amides is 2.